The van der Waals surface area contributed by atoms with Crippen LogP contribution in [0.5, 0.6) is 0 Å². The van der Waals surface area contributed by atoms with Crippen molar-refractivity contribution in [2.24, 2.45) is 0 Å². The van der Waals surface area contributed by atoms with Gasteiger partial charge >= 0.3 is 0 Å². The Bertz CT molecular complexity index is 520. The smallest absolute Gasteiger partial charge is 0.175 e. The van der Waals surface area contributed by atoms with E-state index in [1.54, 1.807) is 12.1 Å². The zero-order valence-electron chi connectivity index (χ0n) is 9.91. The molecule has 2 rings (SSSR count). The first-order valence-corrected chi connectivity index (χ1v) is 5.94. The zero-order chi connectivity index (χ0) is 13.0. The number of anilines is 2. The van der Waals surface area contributed by atoms with Crippen LogP contribution in [0.4, 0.5) is 15.8 Å². The Morgan fingerprint density at radius 3 is 2.22 bits per heavy atom. The van der Waals surface area contributed by atoms with E-state index in [4.69, 9.17) is 12.2 Å². The Balaban J connectivity index is 2.01. The molecule has 0 unspecified atom stereocenters. The summed E-state index contributed by atoms with van der Waals surface area (Å²) in [6, 6.07) is 14.0. The number of thiocarbonyl (C=S) groups is 1. The van der Waals surface area contributed by atoms with E-state index < -0.39 is 0 Å². The Kier molecular flexibility index (Phi) is 3.89. The largest absolute Gasteiger partial charge is 0.332 e. The summed E-state index contributed by atoms with van der Waals surface area (Å²) in [6.45, 7) is 2.01. The number of benzene rings is 2. The molecule has 0 aromatic heterocycles. The Labute approximate surface area is 111 Å². The lowest BCUT2D eigenvalue weighted by molar-refractivity contribution is 0.628. The molecule has 0 amide bonds. The summed E-state index contributed by atoms with van der Waals surface area (Å²) < 4.78 is 13.0. The fourth-order valence-corrected chi connectivity index (χ4v) is 1.82. The van der Waals surface area contributed by atoms with Gasteiger partial charge in [-0.05, 0) is 55.0 Å². The van der Waals surface area contributed by atoms with Crippen molar-refractivity contribution in [2.45, 2.75) is 6.92 Å². The molecule has 0 radical (unpaired) electrons. The molecule has 2 aromatic carbocycles. The Morgan fingerprint density at radius 1 is 1.00 bits per heavy atom. The highest BCUT2D eigenvalue weighted by molar-refractivity contribution is 7.80. The normalized spacial score (nSPS) is 9.89. The molecule has 92 valence electrons. The number of halogens is 1. The fourth-order valence-electron chi connectivity index (χ4n) is 1.58. The lowest BCUT2D eigenvalue weighted by Crippen LogP contribution is -2.19. The van der Waals surface area contributed by atoms with E-state index in [0.29, 0.717) is 10.8 Å². The monoisotopic (exact) mass is 260 g/mol. The molecule has 0 saturated carbocycles. The standard InChI is InChI=1S/C14H13FN2S/c1-10-4-2-6-12(8-10)16-14(18)17-13-7-3-5-11(15)9-13/h2-9H,1H3,(H2,16,17,18). The predicted octanol–water partition coefficient (Wildman–Crippen LogP) is 3.94. The highest BCUT2D eigenvalue weighted by atomic mass is 32.1. The molecule has 0 atom stereocenters. The predicted molar refractivity (Wildman–Crippen MR) is 77.4 cm³/mol. The van der Waals surface area contributed by atoms with Gasteiger partial charge in [0.25, 0.3) is 0 Å². The SMILES string of the molecule is Cc1cccc(NC(=S)Nc2cccc(F)c2)c1. The number of nitrogens with one attached hydrogen (secondary N) is 2. The Morgan fingerprint density at radius 2 is 1.61 bits per heavy atom. The lowest BCUT2D eigenvalue weighted by atomic mass is 10.2. The van der Waals surface area contributed by atoms with Crippen LogP contribution in [0, 0.1) is 12.7 Å². The van der Waals surface area contributed by atoms with Gasteiger partial charge in [-0.1, -0.05) is 18.2 Å². The van der Waals surface area contributed by atoms with Crippen molar-refractivity contribution < 1.29 is 4.39 Å². The second-order valence-corrected chi connectivity index (χ2v) is 4.37. The summed E-state index contributed by atoms with van der Waals surface area (Å²) in [4.78, 5) is 0. The van der Waals surface area contributed by atoms with E-state index in [1.165, 1.54) is 12.1 Å². The summed E-state index contributed by atoms with van der Waals surface area (Å²) in [7, 11) is 0. The molecule has 2 nitrogen and oxygen atoms in total. The van der Waals surface area contributed by atoms with Crippen LogP contribution < -0.4 is 10.6 Å². The maximum atomic E-state index is 13.0. The van der Waals surface area contributed by atoms with Crippen LogP contribution in [0.15, 0.2) is 48.5 Å². The van der Waals surface area contributed by atoms with Crippen molar-refractivity contribution in [3.05, 3.63) is 59.9 Å². The van der Waals surface area contributed by atoms with Crippen LogP contribution in [0.25, 0.3) is 0 Å². The third-order valence-corrected chi connectivity index (χ3v) is 2.56. The average molecular weight is 260 g/mol. The summed E-state index contributed by atoms with van der Waals surface area (Å²) in [5.41, 5.74) is 2.68. The van der Waals surface area contributed by atoms with E-state index in [9.17, 15) is 4.39 Å². The van der Waals surface area contributed by atoms with Crippen molar-refractivity contribution in [3.8, 4) is 0 Å². The van der Waals surface area contributed by atoms with E-state index in [2.05, 4.69) is 10.6 Å². The third kappa shape index (κ3) is 3.53. The van der Waals surface area contributed by atoms with Crippen LogP contribution >= 0.6 is 12.2 Å². The summed E-state index contributed by atoms with van der Waals surface area (Å²) >= 11 is 5.16. The number of hydrogen-bond acceptors (Lipinski definition) is 1. The van der Waals surface area contributed by atoms with Crippen molar-refractivity contribution in [3.63, 3.8) is 0 Å². The highest BCUT2D eigenvalue weighted by Crippen LogP contribution is 2.12. The maximum Gasteiger partial charge on any atom is 0.175 e. The second kappa shape index (κ2) is 5.60. The summed E-state index contributed by atoms with van der Waals surface area (Å²) in [5.74, 6) is -0.293. The molecule has 0 fully saturated rings. The van der Waals surface area contributed by atoms with Gasteiger partial charge in [-0.25, -0.2) is 4.39 Å². The molecular weight excluding hydrogens is 247 g/mol. The first-order chi connectivity index (χ1) is 8.63. The quantitative estimate of drug-likeness (QED) is 0.800. The van der Waals surface area contributed by atoms with Crippen LogP contribution in [-0.4, -0.2) is 5.11 Å². The average Bonchev–Trinajstić information content (AvgIpc) is 2.28. The number of hydrogen-bond donors (Lipinski definition) is 2. The molecule has 0 bridgehead atoms. The summed E-state index contributed by atoms with van der Waals surface area (Å²) in [6.07, 6.45) is 0. The molecule has 18 heavy (non-hydrogen) atoms. The van der Waals surface area contributed by atoms with Gasteiger partial charge in [-0.3, -0.25) is 0 Å². The van der Waals surface area contributed by atoms with Crippen LogP contribution in [0.1, 0.15) is 5.56 Å². The van der Waals surface area contributed by atoms with Crippen molar-refractivity contribution in [1.29, 1.82) is 0 Å². The molecule has 4 heteroatoms. The Hall–Kier alpha value is -1.94. The van der Waals surface area contributed by atoms with Gasteiger partial charge in [0.1, 0.15) is 5.82 Å². The van der Waals surface area contributed by atoms with Gasteiger partial charge in [0.05, 0.1) is 0 Å². The topological polar surface area (TPSA) is 24.1 Å². The van der Waals surface area contributed by atoms with Crippen LogP contribution in [0.3, 0.4) is 0 Å². The number of rotatable bonds is 2. The molecular formula is C14H13FN2S. The minimum absolute atomic E-state index is 0.293. The molecule has 0 aliphatic carbocycles. The van der Waals surface area contributed by atoms with Crippen molar-refractivity contribution in [1.82, 2.24) is 0 Å². The van der Waals surface area contributed by atoms with Crippen LogP contribution in [-0.2, 0) is 0 Å². The van der Waals surface area contributed by atoms with E-state index in [0.717, 1.165) is 11.3 Å². The van der Waals surface area contributed by atoms with Gasteiger partial charge in [0.15, 0.2) is 5.11 Å². The second-order valence-electron chi connectivity index (χ2n) is 3.96. The highest BCUT2D eigenvalue weighted by Gasteiger charge is 2.00. The fraction of sp³-hybridized carbons (Fsp3) is 0.0714. The zero-order valence-corrected chi connectivity index (χ0v) is 10.7. The minimum Gasteiger partial charge on any atom is -0.332 e. The maximum absolute atomic E-state index is 13.0. The van der Waals surface area contributed by atoms with Crippen molar-refractivity contribution >= 4 is 28.7 Å². The van der Waals surface area contributed by atoms with Crippen molar-refractivity contribution in [2.75, 3.05) is 10.6 Å². The number of aryl methyl sites for hydroxylation is 1. The first-order valence-electron chi connectivity index (χ1n) is 5.54. The van der Waals surface area contributed by atoms with Gasteiger partial charge in [0, 0.05) is 11.4 Å². The third-order valence-electron chi connectivity index (χ3n) is 2.36. The minimum atomic E-state index is -0.293. The van der Waals surface area contributed by atoms with E-state index >= 15 is 0 Å². The van der Waals surface area contributed by atoms with Gasteiger partial charge in [0.2, 0.25) is 0 Å². The van der Waals surface area contributed by atoms with E-state index in [1.807, 2.05) is 31.2 Å². The van der Waals surface area contributed by atoms with Gasteiger partial charge in [-0.2, -0.15) is 0 Å². The lowest BCUT2D eigenvalue weighted by Gasteiger charge is -2.10. The molecule has 0 spiro atoms. The first kappa shape index (κ1) is 12.5. The van der Waals surface area contributed by atoms with Crippen LogP contribution in [0.2, 0.25) is 0 Å². The van der Waals surface area contributed by atoms with E-state index in [-0.39, 0.29) is 5.82 Å². The molecule has 0 saturated heterocycles. The molecule has 0 heterocycles. The van der Waals surface area contributed by atoms with Gasteiger partial charge in [-0.15, -0.1) is 0 Å². The molecule has 0 aliphatic heterocycles. The molecule has 0 aliphatic rings. The summed E-state index contributed by atoms with van der Waals surface area (Å²) in [5, 5.41) is 6.42. The molecule has 2 aromatic rings. The van der Waals surface area contributed by atoms with Gasteiger partial charge < -0.3 is 10.6 Å². The molecule has 2 N–H and O–H groups in total.